The minimum absolute atomic E-state index is 0.0829. The number of amides is 2. The van der Waals surface area contributed by atoms with E-state index in [0.717, 1.165) is 5.56 Å². The van der Waals surface area contributed by atoms with Crippen molar-refractivity contribution in [2.75, 3.05) is 18.1 Å². The van der Waals surface area contributed by atoms with Crippen molar-refractivity contribution in [3.05, 3.63) is 58.1 Å². The van der Waals surface area contributed by atoms with E-state index in [9.17, 15) is 9.59 Å². The van der Waals surface area contributed by atoms with Crippen LogP contribution >= 0.6 is 23.2 Å². The summed E-state index contributed by atoms with van der Waals surface area (Å²) in [4.78, 5) is 26.2. The van der Waals surface area contributed by atoms with Gasteiger partial charge in [0.1, 0.15) is 12.3 Å². The summed E-state index contributed by atoms with van der Waals surface area (Å²) in [6.45, 7) is 3.55. The molecule has 0 bridgehead atoms. The number of nitrogens with one attached hydrogen (secondary N) is 1. The molecule has 1 N–H and O–H groups in total. The van der Waals surface area contributed by atoms with Crippen molar-refractivity contribution >= 4 is 40.7 Å². The summed E-state index contributed by atoms with van der Waals surface area (Å²) in [7, 11) is 0. The van der Waals surface area contributed by atoms with Crippen molar-refractivity contribution in [3.63, 3.8) is 0 Å². The standard InChI is InChI=1S/C19H18Cl2N2O3/c1-19(2,12-7-8-13(20)14(21)9-12)22-17(24)10-23-15-5-3-4-6-16(15)26-11-18(23)25/h3-9H,10-11H2,1-2H3,(H,22,24). The number of fused-ring (bicyclic) bond motifs is 1. The second-order valence-electron chi connectivity index (χ2n) is 6.54. The fourth-order valence-corrected chi connectivity index (χ4v) is 3.11. The van der Waals surface area contributed by atoms with E-state index in [-0.39, 0.29) is 25.0 Å². The van der Waals surface area contributed by atoms with E-state index in [2.05, 4.69) is 5.32 Å². The molecule has 26 heavy (non-hydrogen) atoms. The number of ether oxygens (including phenoxy) is 1. The maximum absolute atomic E-state index is 12.6. The fourth-order valence-electron chi connectivity index (χ4n) is 2.82. The molecule has 0 spiro atoms. The van der Waals surface area contributed by atoms with Crippen LogP contribution in [0, 0.1) is 0 Å². The van der Waals surface area contributed by atoms with E-state index >= 15 is 0 Å². The van der Waals surface area contributed by atoms with Gasteiger partial charge in [-0.3, -0.25) is 14.5 Å². The quantitative estimate of drug-likeness (QED) is 0.861. The number of halogens is 2. The summed E-state index contributed by atoms with van der Waals surface area (Å²) in [6.07, 6.45) is 0. The molecule has 0 radical (unpaired) electrons. The van der Waals surface area contributed by atoms with Crippen LogP contribution in [0.3, 0.4) is 0 Å². The predicted molar refractivity (Wildman–Crippen MR) is 102 cm³/mol. The van der Waals surface area contributed by atoms with Gasteiger partial charge in [-0.05, 0) is 43.7 Å². The number of nitrogens with zero attached hydrogens (tertiary/aromatic N) is 1. The molecule has 1 aliphatic heterocycles. The highest BCUT2D eigenvalue weighted by Crippen LogP contribution is 2.32. The molecule has 3 rings (SSSR count). The Morgan fingerprint density at radius 3 is 2.65 bits per heavy atom. The second kappa shape index (κ2) is 7.17. The van der Waals surface area contributed by atoms with Crippen LogP contribution in [0.15, 0.2) is 42.5 Å². The average molecular weight is 393 g/mol. The Morgan fingerprint density at radius 2 is 1.92 bits per heavy atom. The zero-order chi connectivity index (χ0) is 18.9. The summed E-state index contributed by atoms with van der Waals surface area (Å²) < 4.78 is 5.39. The van der Waals surface area contributed by atoms with Gasteiger partial charge in [0.2, 0.25) is 5.91 Å². The van der Waals surface area contributed by atoms with Crippen molar-refractivity contribution in [2.24, 2.45) is 0 Å². The lowest BCUT2D eigenvalue weighted by molar-refractivity contribution is -0.126. The van der Waals surface area contributed by atoms with E-state index in [1.54, 1.807) is 30.3 Å². The third-order valence-corrected chi connectivity index (χ3v) is 4.94. The topological polar surface area (TPSA) is 58.6 Å². The number of anilines is 1. The SMILES string of the molecule is CC(C)(NC(=O)CN1C(=O)COc2ccccc21)c1ccc(Cl)c(Cl)c1. The number of hydrogen-bond acceptors (Lipinski definition) is 3. The van der Waals surface area contributed by atoms with Crippen LogP contribution in [-0.2, 0) is 15.1 Å². The molecule has 2 aromatic carbocycles. The Hall–Kier alpha value is -2.24. The second-order valence-corrected chi connectivity index (χ2v) is 7.35. The Bertz CT molecular complexity index is 868. The maximum atomic E-state index is 12.6. The van der Waals surface area contributed by atoms with Gasteiger partial charge >= 0.3 is 0 Å². The number of carbonyl (C=O) groups excluding carboxylic acids is 2. The lowest BCUT2D eigenvalue weighted by Crippen LogP contribution is -2.49. The first-order chi connectivity index (χ1) is 12.3. The number of rotatable bonds is 4. The third-order valence-electron chi connectivity index (χ3n) is 4.20. The molecule has 1 aliphatic rings. The van der Waals surface area contributed by atoms with Gasteiger partial charge in [0.15, 0.2) is 6.61 Å². The molecule has 0 aromatic heterocycles. The van der Waals surface area contributed by atoms with Gasteiger partial charge in [0.25, 0.3) is 5.91 Å². The highest BCUT2D eigenvalue weighted by molar-refractivity contribution is 6.42. The minimum Gasteiger partial charge on any atom is -0.482 e. The molecular weight excluding hydrogens is 375 g/mol. The van der Waals surface area contributed by atoms with Crippen molar-refractivity contribution in [3.8, 4) is 5.75 Å². The predicted octanol–water partition coefficient (Wildman–Crippen LogP) is 3.77. The van der Waals surface area contributed by atoms with Gasteiger partial charge in [-0.15, -0.1) is 0 Å². The molecule has 136 valence electrons. The first-order valence-electron chi connectivity index (χ1n) is 8.06. The fraction of sp³-hybridized carbons (Fsp3) is 0.263. The summed E-state index contributed by atoms with van der Waals surface area (Å²) in [6, 6.07) is 12.4. The van der Waals surface area contributed by atoms with E-state index in [1.165, 1.54) is 4.90 Å². The number of benzene rings is 2. The average Bonchev–Trinajstić information content (AvgIpc) is 2.59. The van der Waals surface area contributed by atoms with E-state index in [0.29, 0.717) is 21.5 Å². The largest absolute Gasteiger partial charge is 0.482 e. The van der Waals surface area contributed by atoms with Crippen LogP contribution in [0.5, 0.6) is 5.75 Å². The number of hydrogen-bond donors (Lipinski definition) is 1. The molecule has 7 heteroatoms. The number of para-hydroxylation sites is 2. The van der Waals surface area contributed by atoms with Crippen molar-refractivity contribution in [1.29, 1.82) is 0 Å². The van der Waals surface area contributed by atoms with Gasteiger partial charge < -0.3 is 10.1 Å². The van der Waals surface area contributed by atoms with Crippen molar-refractivity contribution in [2.45, 2.75) is 19.4 Å². The molecule has 0 saturated carbocycles. The van der Waals surface area contributed by atoms with E-state index in [1.807, 2.05) is 26.0 Å². The summed E-state index contributed by atoms with van der Waals surface area (Å²) in [5.41, 5.74) is 0.723. The van der Waals surface area contributed by atoms with Crippen LogP contribution in [-0.4, -0.2) is 25.0 Å². The summed E-state index contributed by atoms with van der Waals surface area (Å²) >= 11 is 12.0. The van der Waals surface area contributed by atoms with Gasteiger partial charge in [-0.25, -0.2) is 0 Å². The molecule has 0 fully saturated rings. The molecular formula is C19H18Cl2N2O3. The highest BCUT2D eigenvalue weighted by atomic mass is 35.5. The van der Waals surface area contributed by atoms with Gasteiger partial charge in [0.05, 0.1) is 21.3 Å². The van der Waals surface area contributed by atoms with Crippen LogP contribution in [0.2, 0.25) is 10.0 Å². The zero-order valence-corrected chi connectivity index (χ0v) is 15.9. The normalized spacial score (nSPS) is 13.8. The Labute approximate surface area is 161 Å². The molecule has 0 unspecified atom stereocenters. The molecule has 1 heterocycles. The number of carbonyl (C=O) groups is 2. The first-order valence-corrected chi connectivity index (χ1v) is 8.82. The van der Waals surface area contributed by atoms with Crippen molar-refractivity contribution in [1.82, 2.24) is 5.32 Å². The van der Waals surface area contributed by atoms with E-state index < -0.39 is 5.54 Å². The Morgan fingerprint density at radius 1 is 1.19 bits per heavy atom. The summed E-state index contributed by atoms with van der Waals surface area (Å²) in [5.74, 6) is 0.0426. The van der Waals surface area contributed by atoms with Crippen LogP contribution in [0.4, 0.5) is 5.69 Å². The summed E-state index contributed by atoms with van der Waals surface area (Å²) in [5, 5.41) is 3.81. The molecule has 5 nitrogen and oxygen atoms in total. The first kappa shape index (κ1) is 18.5. The Kier molecular flexibility index (Phi) is 5.12. The maximum Gasteiger partial charge on any atom is 0.265 e. The molecule has 0 atom stereocenters. The van der Waals surface area contributed by atoms with Crippen molar-refractivity contribution < 1.29 is 14.3 Å². The lowest BCUT2D eigenvalue weighted by atomic mass is 9.94. The molecule has 2 amide bonds. The van der Waals surface area contributed by atoms with Crippen LogP contribution in [0.25, 0.3) is 0 Å². The van der Waals surface area contributed by atoms with Gasteiger partial charge in [0, 0.05) is 0 Å². The van der Waals surface area contributed by atoms with Gasteiger partial charge in [-0.2, -0.15) is 0 Å². The lowest BCUT2D eigenvalue weighted by Gasteiger charge is -2.31. The van der Waals surface area contributed by atoms with Crippen LogP contribution < -0.4 is 15.0 Å². The highest BCUT2D eigenvalue weighted by Gasteiger charge is 2.29. The van der Waals surface area contributed by atoms with Crippen LogP contribution in [0.1, 0.15) is 19.4 Å². The Balaban J connectivity index is 1.76. The third kappa shape index (κ3) is 3.79. The molecule has 0 aliphatic carbocycles. The van der Waals surface area contributed by atoms with E-state index in [4.69, 9.17) is 27.9 Å². The van der Waals surface area contributed by atoms with Gasteiger partial charge in [-0.1, -0.05) is 41.4 Å². The smallest absolute Gasteiger partial charge is 0.265 e. The minimum atomic E-state index is -0.680. The zero-order valence-electron chi connectivity index (χ0n) is 14.4. The monoisotopic (exact) mass is 392 g/mol. The molecule has 0 saturated heterocycles. The molecule has 2 aromatic rings.